The first-order valence-corrected chi connectivity index (χ1v) is 7.34. The maximum atomic E-state index is 12.4. The van der Waals surface area contributed by atoms with E-state index in [9.17, 15) is 9.18 Å². The van der Waals surface area contributed by atoms with E-state index in [1.165, 1.54) is 0 Å². The van der Waals surface area contributed by atoms with E-state index in [4.69, 9.17) is 9.47 Å². The smallest absolute Gasteiger partial charge is 0.318 e. The van der Waals surface area contributed by atoms with Crippen molar-refractivity contribution in [1.82, 2.24) is 10.2 Å². The van der Waals surface area contributed by atoms with Crippen molar-refractivity contribution in [2.75, 3.05) is 33.5 Å². The number of alkyl halides is 1. The van der Waals surface area contributed by atoms with Gasteiger partial charge in [0.15, 0.2) is 0 Å². The quantitative estimate of drug-likeness (QED) is 0.930. The summed E-state index contributed by atoms with van der Waals surface area (Å²) < 4.78 is 23.2. The number of benzene rings is 1. The van der Waals surface area contributed by atoms with Crippen LogP contribution in [0.5, 0.6) is 5.75 Å². The highest BCUT2D eigenvalue weighted by Crippen LogP contribution is 2.33. The van der Waals surface area contributed by atoms with Gasteiger partial charge in [0.1, 0.15) is 12.4 Å². The molecular weight excluding hydrogens is 287 g/mol. The van der Waals surface area contributed by atoms with Crippen molar-refractivity contribution < 1.29 is 18.7 Å². The van der Waals surface area contributed by atoms with Crippen molar-refractivity contribution in [2.45, 2.75) is 25.4 Å². The predicted molar refractivity (Wildman–Crippen MR) is 81.8 cm³/mol. The molecule has 0 saturated carbocycles. The van der Waals surface area contributed by atoms with Gasteiger partial charge in [-0.15, -0.1) is 0 Å². The van der Waals surface area contributed by atoms with Crippen molar-refractivity contribution in [1.29, 1.82) is 0 Å². The maximum absolute atomic E-state index is 12.4. The number of hydrogen-bond donors (Lipinski definition) is 1. The van der Waals surface area contributed by atoms with Gasteiger partial charge in [0.05, 0.1) is 31.9 Å². The van der Waals surface area contributed by atoms with Crippen LogP contribution in [0.3, 0.4) is 0 Å². The summed E-state index contributed by atoms with van der Waals surface area (Å²) >= 11 is 0. The van der Waals surface area contributed by atoms with Crippen LogP contribution in [-0.4, -0.2) is 50.0 Å². The van der Waals surface area contributed by atoms with Crippen LogP contribution in [0.4, 0.5) is 9.18 Å². The van der Waals surface area contributed by atoms with E-state index in [0.717, 1.165) is 11.3 Å². The van der Waals surface area contributed by atoms with Crippen molar-refractivity contribution in [3.05, 3.63) is 29.8 Å². The Morgan fingerprint density at radius 1 is 1.45 bits per heavy atom. The summed E-state index contributed by atoms with van der Waals surface area (Å²) in [4.78, 5) is 14.2. The van der Waals surface area contributed by atoms with Crippen LogP contribution < -0.4 is 10.1 Å². The molecule has 1 heterocycles. The summed E-state index contributed by atoms with van der Waals surface area (Å²) in [6, 6.07) is 7.07. The molecule has 1 aromatic carbocycles. The molecule has 2 rings (SSSR count). The molecular formula is C16H23FN2O3. The molecule has 0 bridgehead atoms. The molecule has 2 amide bonds. The largest absolute Gasteiger partial charge is 0.497 e. The van der Waals surface area contributed by atoms with Gasteiger partial charge >= 0.3 is 6.03 Å². The number of nitrogens with zero attached hydrogens (tertiary/aromatic N) is 1. The number of amides is 2. The number of carbonyl (C=O) groups excluding carboxylic acids is 1. The first kappa shape index (κ1) is 16.5. The average molecular weight is 310 g/mol. The second-order valence-corrected chi connectivity index (χ2v) is 5.91. The first-order valence-electron chi connectivity index (χ1n) is 7.34. The van der Waals surface area contributed by atoms with E-state index >= 15 is 0 Å². The standard InChI is InChI=1S/C16H23FN2O3/c1-16(2)11-22-10-14(19(16)15(20)18-9-8-17)12-4-6-13(21-3)7-5-12/h4-7,14H,8-11H2,1-3H3,(H,18,20). The molecule has 1 aliphatic rings. The Bertz CT molecular complexity index is 505. The Morgan fingerprint density at radius 3 is 2.73 bits per heavy atom. The van der Waals surface area contributed by atoms with Gasteiger partial charge < -0.3 is 19.7 Å². The van der Waals surface area contributed by atoms with Crippen LogP contribution in [0.15, 0.2) is 24.3 Å². The van der Waals surface area contributed by atoms with Crippen LogP contribution in [0.2, 0.25) is 0 Å². The molecule has 1 fully saturated rings. The number of morpholine rings is 1. The lowest BCUT2D eigenvalue weighted by Gasteiger charge is -2.47. The highest BCUT2D eigenvalue weighted by atomic mass is 19.1. The maximum Gasteiger partial charge on any atom is 0.318 e. The molecule has 0 aromatic heterocycles. The van der Waals surface area contributed by atoms with Crippen LogP contribution in [0.25, 0.3) is 0 Å². The zero-order valence-corrected chi connectivity index (χ0v) is 13.3. The van der Waals surface area contributed by atoms with Crippen LogP contribution in [0.1, 0.15) is 25.5 Å². The Labute approximate surface area is 130 Å². The normalized spacial score (nSPS) is 20.5. The molecule has 6 heteroatoms. The van der Waals surface area contributed by atoms with Gasteiger partial charge in [0.25, 0.3) is 0 Å². The fourth-order valence-electron chi connectivity index (χ4n) is 2.71. The second-order valence-electron chi connectivity index (χ2n) is 5.91. The zero-order chi connectivity index (χ0) is 16.2. The van der Waals surface area contributed by atoms with Crippen LogP contribution in [0, 0.1) is 0 Å². The third-order valence-electron chi connectivity index (χ3n) is 3.78. The summed E-state index contributed by atoms with van der Waals surface area (Å²) in [5, 5.41) is 2.61. The summed E-state index contributed by atoms with van der Waals surface area (Å²) in [5.41, 5.74) is 0.493. The Balaban J connectivity index is 2.26. The molecule has 22 heavy (non-hydrogen) atoms. The second kappa shape index (κ2) is 6.96. The number of methoxy groups -OCH3 is 1. The van der Waals surface area contributed by atoms with E-state index < -0.39 is 12.2 Å². The molecule has 5 nitrogen and oxygen atoms in total. The lowest BCUT2D eigenvalue weighted by Crippen LogP contribution is -2.59. The molecule has 1 aliphatic heterocycles. The van der Waals surface area contributed by atoms with E-state index in [0.29, 0.717) is 13.2 Å². The highest BCUT2D eigenvalue weighted by Gasteiger charge is 2.41. The Hall–Kier alpha value is -1.82. The molecule has 1 unspecified atom stereocenters. The third-order valence-corrected chi connectivity index (χ3v) is 3.78. The fourth-order valence-corrected chi connectivity index (χ4v) is 2.71. The molecule has 1 N–H and O–H groups in total. The van der Waals surface area contributed by atoms with Crippen molar-refractivity contribution in [3.8, 4) is 5.75 Å². The summed E-state index contributed by atoms with van der Waals surface area (Å²) in [6.07, 6.45) is 0. The van der Waals surface area contributed by atoms with Gasteiger partial charge in [-0.1, -0.05) is 12.1 Å². The van der Waals surface area contributed by atoms with E-state index in [1.54, 1.807) is 12.0 Å². The van der Waals surface area contributed by atoms with E-state index in [2.05, 4.69) is 5.32 Å². The lowest BCUT2D eigenvalue weighted by molar-refractivity contribution is -0.0656. The number of nitrogens with one attached hydrogen (secondary N) is 1. The average Bonchev–Trinajstić information content (AvgIpc) is 2.51. The van der Waals surface area contributed by atoms with Gasteiger partial charge in [-0.2, -0.15) is 0 Å². The number of hydrogen-bond acceptors (Lipinski definition) is 3. The Morgan fingerprint density at radius 2 is 2.14 bits per heavy atom. The van der Waals surface area contributed by atoms with Crippen molar-refractivity contribution >= 4 is 6.03 Å². The van der Waals surface area contributed by atoms with Gasteiger partial charge in [0.2, 0.25) is 0 Å². The van der Waals surface area contributed by atoms with Gasteiger partial charge in [0, 0.05) is 6.54 Å². The van der Waals surface area contributed by atoms with Crippen LogP contribution in [-0.2, 0) is 4.74 Å². The van der Waals surface area contributed by atoms with Gasteiger partial charge in [-0.25, -0.2) is 9.18 Å². The minimum Gasteiger partial charge on any atom is -0.497 e. The summed E-state index contributed by atoms with van der Waals surface area (Å²) in [5.74, 6) is 0.758. The molecule has 1 saturated heterocycles. The van der Waals surface area contributed by atoms with Crippen LogP contribution >= 0.6 is 0 Å². The minimum atomic E-state index is -0.580. The molecule has 1 atom stereocenters. The number of rotatable bonds is 4. The SMILES string of the molecule is COc1ccc(C2COCC(C)(C)N2C(=O)NCCF)cc1. The fraction of sp³-hybridized carbons (Fsp3) is 0.562. The number of halogens is 1. The number of ether oxygens (including phenoxy) is 2. The molecule has 122 valence electrons. The lowest BCUT2D eigenvalue weighted by atomic mass is 9.95. The molecule has 1 aromatic rings. The van der Waals surface area contributed by atoms with Crippen molar-refractivity contribution in [2.24, 2.45) is 0 Å². The third kappa shape index (κ3) is 3.50. The zero-order valence-electron chi connectivity index (χ0n) is 13.3. The summed E-state index contributed by atoms with van der Waals surface area (Å²) in [7, 11) is 1.61. The Kier molecular flexibility index (Phi) is 5.24. The number of urea groups is 1. The topological polar surface area (TPSA) is 50.8 Å². The van der Waals surface area contributed by atoms with Gasteiger partial charge in [-0.3, -0.25) is 0 Å². The highest BCUT2D eigenvalue weighted by molar-refractivity contribution is 5.76. The van der Waals surface area contributed by atoms with Crippen molar-refractivity contribution in [3.63, 3.8) is 0 Å². The number of carbonyl (C=O) groups is 1. The molecule has 0 radical (unpaired) electrons. The molecule has 0 aliphatic carbocycles. The van der Waals surface area contributed by atoms with Gasteiger partial charge in [-0.05, 0) is 31.5 Å². The predicted octanol–water partition coefficient (Wildman–Crippen LogP) is 2.53. The summed E-state index contributed by atoms with van der Waals surface area (Å²) in [6.45, 7) is 4.18. The molecule has 0 spiro atoms. The first-order chi connectivity index (χ1) is 10.5. The minimum absolute atomic E-state index is 0.0155. The monoisotopic (exact) mass is 310 g/mol. The van der Waals surface area contributed by atoms with E-state index in [1.807, 2.05) is 38.1 Å². The van der Waals surface area contributed by atoms with E-state index in [-0.39, 0.29) is 18.6 Å².